The molecule has 0 spiro atoms. The Labute approximate surface area is 139 Å². The molecule has 0 aromatic carbocycles. The Hall–Kier alpha value is -0.460. The number of carbonyl (C=O) groups excluding carboxylic acids is 1. The van der Waals surface area contributed by atoms with Crippen molar-refractivity contribution in [3.63, 3.8) is 0 Å². The van der Waals surface area contributed by atoms with E-state index < -0.39 is 5.60 Å². The molecular weight excluding hydrogens is 298 g/mol. The summed E-state index contributed by atoms with van der Waals surface area (Å²) in [6.07, 6.45) is 1.69. The van der Waals surface area contributed by atoms with Gasteiger partial charge in [0.25, 0.3) is 0 Å². The van der Waals surface area contributed by atoms with Crippen LogP contribution >= 0.6 is 11.8 Å². The van der Waals surface area contributed by atoms with E-state index in [4.69, 9.17) is 10.5 Å². The van der Waals surface area contributed by atoms with Gasteiger partial charge in [0.15, 0.2) is 0 Å². The van der Waals surface area contributed by atoms with Gasteiger partial charge in [0.2, 0.25) is 0 Å². The molecule has 1 atom stereocenters. The topological polar surface area (TPSA) is 67.6 Å². The van der Waals surface area contributed by atoms with Crippen LogP contribution in [0.25, 0.3) is 0 Å². The average Bonchev–Trinajstić information content (AvgIpc) is 2.54. The summed E-state index contributed by atoms with van der Waals surface area (Å²) in [5.74, 6) is 1.14. The summed E-state index contributed by atoms with van der Waals surface area (Å²) in [6, 6.07) is 0.324. The van der Waals surface area contributed by atoms with Gasteiger partial charge in [-0.05, 0) is 40.2 Å². The van der Waals surface area contributed by atoms with Gasteiger partial charge in [0, 0.05) is 36.2 Å². The van der Waals surface area contributed by atoms with E-state index in [0.717, 1.165) is 25.3 Å². The lowest BCUT2D eigenvalue weighted by Crippen LogP contribution is -2.44. The van der Waals surface area contributed by atoms with E-state index in [1.54, 1.807) is 0 Å². The average molecular weight is 332 g/mol. The molecule has 0 radical (unpaired) electrons. The van der Waals surface area contributed by atoms with Crippen molar-refractivity contribution in [3.8, 4) is 0 Å². The summed E-state index contributed by atoms with van der Waals surface area (Å²) in [7, 11) is 0. The molecule has 0 aromatic heterocycles. The van der Waals surface area contributed by atoms with Gasteiger partial charge in [0.1, 0.15) is 5.60 Å². The maximum atomic E-state index is 11.7. The Morgan fingerprint density at radius 1 is 1.41 bits per heavy atom. The van der Waals surface area contributed by atoms with Crippen molar-refractivity contribution in [2.45, 2.75) is 63.9 Å². The Balaban J connectivity index is 2.37. The normalized spacial score (nSPS) is 21.0. The summed E-state index contributed by atoms with van der Waals surface area (Å²) in [5, 5.41) is 2.83. The Morgan fingerprint density at radius 2 is 2.09 bits per heavy atom. The zero-order valence-electron chi connectivity index (χ0n) is 14.8. The standard InChI is InChI=1S/C16H33N3O2S/c1-15(2,3)21-14(20)18-8-6-13(12-17)19-9-7-16(4,5)22-11-10-19/h13H,6-12,17H2,1-5H3,(H,18,20). The third-order valence-corrected chi connectivity index (χ3v) is 5.18. The van der Waals surface area contributed by atoms with Crippen molar-refractivity contribution < 1.29 is 9.53 Å². The Morgan fingerprint density at radius 3 is 2.68 bits per heavy atom. The number of rotatable bonds is 5. The molecule has 1 amide bonds. The molecule has 1 aliphatic rings. The lowest BCUT2D eigenvalue weighted by Gasteiger charge is -2.30. The number of ether oxygens (including phenoxy) is 1. The molecule has 1 aliphatic heterocycles. The SMILES string of the molecule is CC(C)(C)OC(=O)NCCC(CN)N1CCSC(C)(C)CC1. The maximum absolute atomic E-state index is 11.7. The minimum atomic E-state index is -0.453. The van der Waals surface area contributed by atoms with Crippen LogP contribution in [0.2, 0.25) is 0 Å². The summed E-state index contributed by atoms with van der Waals surface area (Å²) in [4.78, 5) is 14.1. The van der Waals surface area contributed by atoms with Crippen LogP contribution in [-0.2, 0) is 4.74 Å². The molecule has 0 bridgehead atoms. The highest BCUT2D eigenvalue weighted by Gasteiger charge is 2.27. The maximum Gasteiger partial charge on any atom is 0.407 e. The van der Waals surface area contributed by atoms with Crippen LogP contribution in [0.1, 0.15) is 47.5 Å². The zero-order chi connectivity index (χ0) is 16.8. The van der Waals surface area contributed by atoms with Crippen molar-refractivity contribution in [2.24, 2.45) is 5.73 Å². The Kier molecular flexibility index (Phi) is 7.49. The van der Waals surface area contributed by atoms with E-state index in [9.17, 15) is 4.79 Å². The van der Waals surface area contributed by atoms with Gasteiger partial charge in [-0.3, -0.25) is 4.90 Å². The number of thioether (sulfide) groups is 1. The molecule has 1 fully saturated rings. The van der Waals surface area contributed by atoms with E-state index in [1.807, 2.05) is 32.5 Å². The fraction of sp³-hybridized carbons (Fsp3) is 0.938. The van der Waals surface area contributed by atoms with Crippen molar-refractivity contribution in [1.29, 1.82) is 0 Å². The highest BCUT2D eigenvalue weighted by molar-refractivity contribution is 8.00. The molecule has 0 aromatic rings. The molecule has 1 unspecified atom stereocenters. The summed E-state index contributed by atoms with van der Waals surface area (Å²) < 4.78 is 5.60. The second kappa shape index (κ2) is 8.41. The van der Waals surface area contributed by atoms with Crippen LogP contribution in [0.4, 0.5) is 4.79 Å². The van der Waals surface area contributed by atoms with Gasteiger partial charge in [-0.15, -0.1) is 0 Å². The second-order valence-electron chi connectivity index (χ2n) is 7.50. The van der Waals surface area contributed by atoms with Crippen molar-refractivity contribution >= 4 is 17.9 Å². The number of hydrogen-bond donors (Lipinski definition) is 2. The third kappa shape index (κ3) is 7.70. The quantitative estimate of drug-likeness (QED) is 0.810. The van der Waals surface area contributed by atoms with Crippen molar-refractivity contribution in [2.75, 3.05) is 31.9 Å². The first-order valence-corrected chi connectivity index (χ1v) is 9.16. The fourth-order valence-electron chi connectivity index (χ4n) is 2.51. The molecule has 0 aliphatic carbocycles. The summed E-state index contributed by atoms with van der Waals surface area (Å²) >= 11 is 2.04. The lowest BCUT2D eigenvalue weighted by molar-refractivity contribution is 0.0522. The van der Waals surface area contributed by atoms with Gasteiger partial charge in [-0.2, -0.15) is 11.8 Å². The van der Waals surface area contributed by atoms with Gasteiger partial charge < -0.3 is 15.8 Å². The van der Waals surface area contributed by atoms with Gasteiger partial charge >= 0.3 is 6.09 Å². The van der Waals surface area contributed by atoms with Crippen LogP contribution in [0.5, 0.6) is 0 Å². The van der Waals surface area contributed by atoms with E-state index in [-0.39, 0.29) is 6.09 Å². The predicted octanol–water partition coefficient (Wildman–Crippen LogP) is 2.45. The number of nitrogens with zero attached hydrogens (tertiary/aromatic N) is 1. The zero-order valence-corrected chi connectivity index (χ0v) is 15.6. The molecule has 1 rings (SSSR count). The molecule has 130 valence electrons. The minimum absolute atomic E-state index is 0.324. The number of carbonyl (C=O) groups is 1. The van der Waals surface area contributed by atoms with E-state index in [2.05, 4.69) is 24.1 Å². The fourth-order valence-corrected chi connectivity index (χ4v) is 3.62. The van der Waals surface area contributed by atoms with E-state index in [1.165, 1.54) is 6.42 Å². The van der Waals surface area contributed by atoms with Crippen LogP contribution in [0.3, 0.4) is 0 Å². The van der Waals surface area contributed by atoms with Crippen LogP contribution in [0.15, 0.2) is 0 Å². The van der Waals surface area contributed by atoms with Crippen LogP contribution < -0.4 is 11.1 Å². The largest absolute Gasteiger partial charge is 0.444 e. The number of alkyl carbamates (subject to hydrolysis) is 1. The first-order valence-electron chi connectivity index (χ1n) is 8.18. The second-order valence-corrected chi connectivity index (χ2v) is 9.30. The summed E-state index contributed by atoms with van der Waals surface area (Å²) in [6.45, 7) is 13.6. The van der Waals surface area contributed by atoms with E-state index in [0.29, 0.717) is 23.9 Å². The van der Waals surface area contributed by atoms with E-state index >= 15 is 0 Å². The number of amides is 1. The lowest BCUT2D eigenvalue weighted by atomic mass is 10.1. The number of hydrogen-bond acceptors (Lipinski definition) is 5. The van der Waals surface area contributed by atoms with Crippen molar-refractivity contribution in [3.05, 3.63) is 0 Å². The third-order valence-electron chi connectivity index (χ3n) is 3.81. The minimum Gasteiger partial charge on any atom is -0.444 e. The first kappa shape index (κ1) is 19.6. The van der Waals surface area contributed by atoms with Crippen LogP contribution in [-0.4, -0.2) is 59.3 Å². The molecule has 0 saturated carbocycles. The molecule has 5 nitrogen and oxygen atoms in total. The highest BCUT2D eigenvalue weighted by atomic mass is 32.2. The summed E-state index contributed by atoms with van der Waals surface area (Å²) in [5.41, 5.74) is 5.50. The molecule has 1 heterocycles. The van der Waals surface area contributed by atoms with Gasteiger partial charge in [-0.1, -0.05) is 13.8 Å². The van der Waals surface area contributed by atoms with Gasteiger partial charge in [-0.25, -0.2) is 4.79 Å². The van der Waals surface area contributed by atoms with Crippen LogP contribution in [0, 0.1) is 0 Å². The monoisotopic (exact) mass is 331 g/mol. The predicted molar refractivity (Wildman–Crippen MR) is 94.4 cm³/mol. The smallest absolute Gasteiger partial charge is 0.407 e. The molecule has 6 heteroatoms. The first-order chi connectivity index (χ1) is 10.1. The van der Waals surface area contributed by atoms with Crippen molar-refractivity contribution in [1.82, 2.24) is 10.2 Å². The number of nitrogens with two attached hydrogens (primary N) is 1. The molecule has 3 N–H and O–H groups in total. The molecule has 1 saturated heterocycles. The van der Waals surface area contributed by atoms with Gasteiger partial charge in [0.05, 0.1) is 0 Å². The number of nitrogens with one attached hydrogen (secondary N) is 1. The highest BCUT2D eigenvalue weighted by Crippen LogP contribution is 2.31. The Bertz CT molecular complexity index is 356. The molecule has 22 heavy (non-hydrogen) atoms. The molecular formula is C16H33N3O2S.